The van der Waals surface area contributed by atoms with Gasteiger partial charge in [0.05, 0.1) is 11.0 Å². The second-order valence-electron chi connectivity index (χ2n) is 4.63. The van der Waals surface area contributed by atoms with Gasteiger partial charge in [0, 0.05) is 6.04 Å². The van der Waals surface area contributed by atoms with Crippen LogP contribution in [0.25, 0.3) is 0 Å². The Bertz CT molecular complexity index is 481. The molecule has 18 heavy (non-hydrogen) atoms. The predicted molar refractivity (Wildman–Crippen MR) is 73.5 cm³/mol. The SMILES string of the molecule is CC(C)S(=O)(=O)CCOc1cccc([C@@H](C)N)c1. The lowest BCUT2D eigenvalue weighted by molar-refractivity contribution is 0.340. The molecule has 1 aromatic carbocycles. The number of ether oxygens (including phenoxy) is 1. The van der Waals surface area contributed by atoms with E-state index in [2.05, 4.69) is 0 Å². The Morgan fingerprint density at radius 1 is 1.28 bits per heavy atom. The smallest absolute Gasteiger partial charge is 0.155 e. The summed E-state index contributed by atoms with van der Waals surface area (Å²) in [6.45, 7) is 5.41. The molecule has 1 aromatic rings. The zero-order valence-corrected chi connectivity index (χ0v) is 11.9. The van der Waals surface area contributed by atoms with Gasteiger partial charge in [-0.2, -0.15) is 0 Å². The Kier molecular flexibility index (Phi) is 5.16. The summed E-state index contributed by atoms with van der Waals surface area (Å²) in [4.78, 5) is 0. The minimum absolute atomic E-state index is 0.0348. The van der Waals surface area contributed by atoms with Crippen LogP contribution in [0, 0.1) is 0 Å². The Morgan fingerprint density at radius 2 is 1.94 bits per heavy atom. The van der Waals surface area contributed by atoms with Crippen molar-refractivity contribution in [3.63, 3.8) is 0 Å². The second-order valence-corrected chi connectivity index (χ2v) is 7.30. The molecule has 2 N–H and O–H groups in total. The van der Waals surface area contributed by atoms with Gasteiger partial charge in [-0.15, -0.1) is 0 Å². The Labute approximate surface area is 109 Å². The van der Waals surface area contributed by atoms with Crippen LogP contribution in [0.5, 0.6) is 5.75 Å². The first-order valence-corrected chi connectivity index (χ1v) is 7.74. The minimum Gasteiger partial charge on any atom is -0.493 e. The van der Waals surface area contributed by atoms with E-state index in [1.807, 2.05) is 25.1 Å². The van der Waals surface area contributed by atoms with Crippen LogP contribution >= 0.6 is 0 Å². The maximum atomic E-state index is 11.6. The summed E-state index contributed by atoms with van der Waals surface area (Å²) < 4.78 is 28.6. The van der Waals surface area contributed by atoms with E-state index in [1.165, 1.54) is 0 Å². The molecule has 1 atom stereocenters. The van der Waals surface area contributed by atoms with Crippen molar-refractivity contribution in [3.05, 3.63) is 29.8 Å². The average molecular weight is 271 g/mol. The molecule has 0 aromatic heterocycles. The molecule has 5 heteroatoms. The summed E-state index contributed by atoms with van der Waals surface area (Å²) in [5.74, 6) is 0.691. The third-order valence-electron chi connectivity index (χ3n) is 2.74. The highest BCUT2D eigenvalue weighted by Gasteiger charge is 2.15. The molecule has 0 aliphatic rings. The molecule has 0 saturated carbocycles. The molecule has 0 spiro atoms. The maximum absolute atomic E-state index is 11.6. The maximum Gasteiger partial charge on any atom is 0.155 e. The topological polar surface area (TPSA) is 69.4 Å². The lowest BCUT2D eigenvalue weighted by Crippen LogP contribution is -2.22. The van der Waals surface area contributed by atoms with Crippen molar-refractivity contribution in [1.29, 1.82) is 0 Å². The van der Waals surface area contributed by atoms with E-state index >= 15 is 0 Å². The standard InChI is InChI=1S/C13H21NO3S/c1-10(2)18(15,16)8-7-17-13-6-4-5-12(9-13)11(3)14/h4-6,9-11H,7-8,14H2,1-3H3/t11-/m1/s1. The van der Waals surface area contributed by atoms with Crippen LogP contribution in [0.1, 0.15) is 32.4 Å². The van der Waals surface area contributed by atoms with E-state index in [1.54, 1.807) is 19.9 Å². The van der Waals surface area contributed by atoms with Crippen molar-refractivity contribution in [2.24, 2.45) is 5.73 Å². The molecule has 0 heterocycles. The van der Waals surface area contributed by atoms with E-state index < -0.39 is 9.84 Å². The monoisotopic (exact) mass is 271 g/mol. The van der Waals surface area contributed by atoms with Gasteiger partial charge in [0.15, 0.2) is 9.84 Å². The molecular formula is C13H21NO3S. The average Bonchev–Trinajstić information content (AvgIpc) is 2.29. The highest BCUT2D eigenvalue weighted by atomic mass is 32.2. The lowest BCUT2D eigenvalue weighted by atomic mass is 10.1. The number of hydrogen-bond acceptors (Lipinski definition) is 4. The third kappa shape index (κ3) is 4.31. The van der Waals surface area contributed by atoms with Gasteiger partial charge in [-0.05, 0) is 38.5 Å². The van der Waals surface area contributed by atoms with Crippen LogP contribution in [0.15, 0.2) is 24.3 Å². The van der Waals surface area contributed by atoms with Crippen molar-refractivity contribution >= 4 is 9.84 Å². The number of benzene rings is 1. The molecule has 1 rings (SSSR count). The van der Waals surface area contributed by atoms with Gasteiger partial charge in [0.25, 0.3) is 0 Å². The fourth-order valence-electron chi connectivity index (χ4n) is 1.40. The molecule has 0 amide bonds. The van der Waals surface area contributed by atoms with E-state index in [0.717, 1.165) is 5.56 Å². The number of sulfone groups is 1. The van der Waals surface area contributed by atoms with Gasteiger partial charge in [0.2, 0.25) is 0 Å². The molecule has 4 nitrogen and oxygen atoms in total. The highest BCUT2D eigenvalue weighted by molar-refractivity contribution is 7.91. The van der Waals surface area contributed by atoms with Crippen molar-refractivity contribution in [2.45, 2.75) is 32.1 Å². The first kappa shape index (κ1) is 15.0. The quantitative estimate of drug-likeness (QED) is 0.858. The summed E-state index contributed by atoms with van der Waals surface area (Å²) in [5, 5.41) is -0.364. The van der Waals surface area contributed by atoms with Crippen molar-refractivity contribution in [1.82, 2.24) is 0 Å². The van der Waals surface area contributed by atoms with E-state index in [0.29, 0.717) is 5.75 Å². The highest BCUT2D eigenvalue weighted by Crippen LogP contribution is 2.17. The lowest BCUT2D eigenvalue weighted by Gasteiger charge is -2.11. The van der Waals surface area contributed by atoms with E-state index in [9.17, 15) is 8.42 Å². The van der Waals surface area contributed by atoms with Gasteiger partial charge < -0.3 is 10.5 Å². The van der Waals surface area contributed by atoms with Crippen LogP contribution in [0.4, 0.5) is 0 Å². The molecule has 0 aliphatic heterocycles. The molecule has 0 saturated heterocycles. The van der Waals surface area contributed by atoms with Gasteiger partial charge >= 0.3 is 0 Å². The predicted octanol–water partition coefficient (Wildman–Crippen LogP) is 1.91. The number of nitrogens with two attached hydrogens (primary N) is 1. The fraction of sp³-hybridized carbons (Fsp3) is 0.538. The summed E-state index contributed by atoms with van der Waals surface area (Å²) in [6.07, 6.45) is 0. The molecular weight excluding hydrogens is 250 g/mol. The molecule has 0 radical (unpaired) electrons. The van der Waals surface area contributed by atoms with Crippen molar-refractivity contribution < 1.29 is 13.2 Å². The van der Waals surface area contributed by atoms with Gasteiger partial charge in [-0.1, -0.05) is 12.1 Å². The number of rotatable bonds is 6. The third-order valence-corrected chi connectivity index (χ3v) is 4.91. The van der Waals surface area contributed by atoms with Crippen LogP contribution in [0.3, 0.4) is 0 Å². The summed E-state index contributed by atoms with van der Waals surface area (Å²) in [6, 6.07) is 7.35. The largest absolute Gasteiger partial charge is 0.493 e. The second kappa shape index (κ2) is 6.20. The summed E-state index contributed by atoms with van der Waals surface area (Å²) in [5.41, 5.74) is 6.74. The Balaban J connectivity index is 2.57. The molecule has 0 aliphatic carbocycles. The van der Waals surface area contributed by atoms with Crippen LogP contribution in [0.2, 0.25) is 0 Å². The first-order valence-electron chi connectivity index (χ1n) is 6.03. The minimum atomic E-state index is -3.04. The zero-order valence-electron chi connectivity index (χ0n) is 11.1. The van der Waals surface area contributed by atoms with Crippen molar-refractivity contribution in [2.75, 3.05) is 12.4 Å². The summed E-state index contributed by atoms with van der Waals surface area (Å²) >= 11 is 0. The normalized spacial score (nSPS) is 13.6. The Morgan fingerprint density at radius 3 is 2.50 bits per heavy atom. The van der Waals surface area contributed by atoms with E-state index in [-0.39, 0.29) is 23.7 Å². The molecule has 0 fully saturated rings. The van der Waals surface area contributed by atoms with Gasteiger partial charge in [-0.25, -0.2) is 8.42 Å². The molecule has 102 valence electrons. The number of hydrogen-bond donors (Lipinski definition) is 1. The van der Waals surface area contributed by atoms with Crippen LogP contribution < -0.4 is 10.5 Å². The Hall–Kier alpha value is -1.07. The molecule has 0 unspecified atom stereocenters. The van der Waals surface area contributed by atoms with Gasteiger partial charge in [-0.3, -0.25) is 0 Å². The fourth-order valence-corrected chi connectivity index (χ4v) is 2.19. The van der Waals surface area contributed by atoms with Gasteiger partial charge in [0.1, 0.15) is 12.4 Å². The summed E-state index contributed by atoms with van der Waals surface area (Å²) in [7, 11) is -3.04. The zero-order chi connectivity index (χ0) is 13.8. The van der Waals surface area contributed by atoms with Crippen molar-refractivity contribution in [3.8, 4) is 5.75 Å². The van der Waals surface area contributed by atoms with Crippen LogP contribution in [-0.2, 0) is 9.84 Å². The first-order chi connectivity index (χ1) is 8.33. The van der Waals surface area contributed by atoms with Crippen LogP contribution in [-0.4, -0.2) is 26.0 Å². The van der Waals surface area contributed by atoms with E-state index in [4.69, 9.17) is 10.5 Å². The molecule has 0 bridgehead atoms.